The maximum atomic E-state index is 12.1. The molecule has 0 saturated carbocycles. The second kappa shape index (κ2) is 5.38. The van der Waals surface area contributed by atoms with Crippen molar-refractivity contribution in [3.05, 3.63) is 29.3 Å². The summed E-state index contributed by atoms with van der Waals surface area (Å²) in [6.07, 6.45) is -5.91. The number of aliphatic hydroxyl groups excluding tert-OH is 1. The van der Waals surface area contributed by atoms with Crippen LogP contribution >= 0.6 is 0 Å². The summed E-state index contributed by atoms with van der Waals surface area (Å²) in [6.45, 7) is 0.809. The normalized spacial score (nSPS) is 16.6. The van der Waals surface area contributed by atoms with Gasteiger partial charge >= 0.3 is 6.18 Å². The number of likely N-dealkylation sites (N-methyl/N-ethyl adjacent to an activating group) is 1. The molecule has 1 atom stereocenters. The Morgan fingerprint density at radius 1 is 1.42 bits per heavy atom. The summed E-state index contributed by atoms with van der Waals surface area (Å²) >= 11 is 0. The molecule has 0 amide bonds. The van der Waals surface area contributed by atoms with Crippen LogP contribution in [0, 0.1) is 0 Å². The van der Waals surface area contributed by atoms with Gasteiger partial charge in [-0.15, -0.1) is 0 Å². The van der Waals surface area contributed by atoms with Gasteiger partial charge in [-0.05, 0) is 23.6 Å². The van der Waals surface area contributed by atoms with Crippen LogP contribution in [-0.2, 0) is 13.0 Å². The molecule has 0 aliphatic carbocycles. The molecular weight excluding hydrogens is 257 g/mol. The van der Waals surface area contributed by atoms with E-state index in [2.05, 4.69) is 10.2 Å². The SMILES string of the molecule is CN1CCc2cc(CNCC(O)C(F)(F)F)ccc21. The molecule has 2 rings (SSSR count). The van der Waals surface area contributed by atoms with E-state index in [1.54, 1.807) is 0 Å². The summed E-state index contributed by atoms with van der Waals surface area (Å²) in [7, 11) is 2.02. The summed E-state index contributed by atoms with van der Waals surface area (Å²) in [6, 6.07) is 5.89. The van der Waals surface area contributed by atoms with E-state index in [9.17, 15) is 13.2 Å². The van der Waals surface area contributed by atoms with E-state index in [-0.39, 0.29) is 0 Å². The van der Waals surface area contributed by atoms with Crippen molar-refractivity contribution < 1.29 is 18.3 Å². The second-order valence-electron chi connectivity index (χ2n) is 4.82. The monoisotopic (exact) mass is 274 g/mol. The van der Waals surface area contributed by atoms with Gasteiger partial charge in [-0.1, -0.05) is 12.1 Å². The molecule has 0 spiro atoms. The zero-order valence-corrected chi connectivity index (χ0v) is 10.7. The lowest BCUT2D eigenvalue weighted by molar-refractivity contribution is -0.201. The fourth-order valence-electron chi connectivity index (χ4n) is 2.20. The molecule has 19 heavy (non-hydrogen) atoms. The largest absolute Gasteiger partial charge is 0.415 e. The summed E-state index contributed by atoms with van der Waals surface area (Å²) in [4.78, 5) is 2.15. The molecule has 1 unspecified atom stereocenters. The van der Waals surface area contributed by atoms with Crippen LogP contribution < -0.4 is 10.2 Å². The fraction of sp³-hybridized carbons (Fsp3) is 0.538. The average molecular weight is 274 g/mol. The number of hydrogen-bond donors (Lipinski definition) is 2. The standard InChI is InChI=1S/C13H17F3N2O/c1-18-5-4-10-6-9(2-3-11(10)18)7-17-8-12(19)13(14,15)16/h2-3,6,12,17,19H,4-5,7-8H2,1H3. The van der Waals surface area contributed by atoms with E-state index in [0.717, 1.165) is 18.5 Å². The molecule has 1 aromatic rings. The number of benzene rings is 1. The van der Waals surface area contributed by atoms with Crippen molar-refractivity contribution in [3.63, 3.8) is 0 Å². The Morgan fingerprint density at radius 3 is 2.84 bits per heavy atom. The van der Waals surface area contributed by atoms with E-state index >= 15 is 0 Å². The highest BCUT2D eigenvalue weighted by Gasteiger charge is 2.37. The molecular formula is C13H17F3N2O. The zero-order valence-electron chi connectivity index (χ0n) is 10.7. The smallest absolute Gasteiger partial charge is 0.382 e. The highest BCUT2D eigenvalue weighted by atomic mass is 19.4. The Labute approximate surface area is 110 Å². The second-order valence-corrected chi connectivity index (χ2v) is 4.82. The maximum Gasteiger partial charge on any atom is 0.415 e. The van der Waals surface area contributed by atoms with Gasteiger partial charge in [0.25, 0.3) is 0 Å². The number of nitrogens with zero attached hydrogens (tertiary/aromatic N) is 1. The Balaban J connectivity index is 1.88. The number of alkyl halides is 3. The van der Waals surface area contributed by atoms with Crippen molar-refractivity contribution in [2.75, 3.05) is 25.0 Å². The van der Waals surface area contributed by atoms with Crippen molar-refractivity contribution in [1.82, 2.24) is 5.32 Å². The number of anilines is 1. The van der Waals surface area contributed by atoms with Gasteiger partial charge in [-0.2, -0.15) is 13.2 Å². The molecule has 106 valence electrons. The lowest BCUT2D eigenvalue weighted by Gasteiger charge is -2.15. The molecule has 1 heterocycles. The van der Waals surface area contributed by atoms with Gasteiger partial charge in [0.05, 0.1) is 0 Å². The summed E-state index contributed by atoms with van der Waals surface area (Å²) in [5, 5.41) is 11.5. The number of hydrogen-bond acceptors (Lipinski definition) is 3. The molecule has 0 radical (unpaired) electrons. The van der Waals surface area contributed by atoms with Crippen molar-refractivity contribution in [3.8, 4) is 0 Å². The van der Waals surface area contributed by atoms with Gasteiger partial charge in [0.2, 0.25) is 0 Å². The molecule has 0 aromatic heterocycles. The molecule has 0 fully saturated rings. The third kappa shape index (κ3) is 3.39. The van der Waals surface area contributed by atoms with Crippen LogP contribution in [0.5, 0.6) is 0 Å². The van der Waals surface area contributed by atoms with Crippen molar-refractivity contribution in [2.24, 2.45) is 0 Å². The molecule has 0 bridgehead atoms. The van der Waals surface area contributed by atoms with Crippen LogP contribution in [0.2, 0.25) is 0 Å². The van der Waals surface area contributed by atoms with Gasteiger partial charge < -0.3 is 15.3 Å². The minimum absolute atomic E-state index is 0.324. The molecule has 6 heteroatoms. The molecule has 0 saturated heterocycles. The molecule has 1 aliphatic heterocycles. The van der Waals surface area contributed by atoms with E-state index in [1.807, 2.05) is 25.2 Å². The first-order chi connectivity index (χ1) is 8.88. The fourth-order valence-corrected chi connectivity index (χ4v) is 2.20. The van der Waals surface area contributed by atoms with Crippen LogP contribution in [0.3, 0.4) is 0 Å². The van der Waals surface area contributed by atoms with Gasteiger partial charge in [-0.25, -0.2) is 0 Å². The Bertz CT molecular complexity index is 448. The highest BCUT2D eigenvalue weighted by Crippen LogP contribution is 2.27. The number of nitrogens with one attached hydrogen (secondary N) is 1. The number of rotatable bonds is 4. The first-order valence-corrected chi connectivity index (χ1v) is 6.16. The maximum absolute atomic E-state index is 12.1. The first-order valence-electron chi connectivity index (χ1n) is 6.16. The lowest BCUT2D eigenvalue weighted by atomic mass is 10.1. The van der Waals surface area contributed by atoms with Gasteiger partial charge in [0.1, 0.15) is 0 Å². The molecule has 3 nitrogen and oxygen atoms in total. The minimum Gasteiger partial charge on any atom is -0.382 e. The Hall–Kier alpha value is -1.27. The molecule has 1 aromatic carbocycles. The van der Waals surface area contributed by atoms with Gasteiger partial charge in [0.15, 0.2) is 6.10 Å². The Morgan fingerprint density at radius 2 is 2.16 bits per heavy atom. The first kappa shape index (κ1) is 14.1. The lowest BCUT2D eigenvalue weighted by Crippen LogP contribution is -2.38. The van der Waals surface area contributed by atoms with E-state index in [0.29, 0.717) is 6.54 Å². The zero-order chi connectivity index (χ0) is 14.0. The summed E-state index contributed by atoms with van der Waals surface area (Å²) in [5.74, 6) is 0. The average Bonchev–Trinajstić information content (AvgIpc) is 2.69. The molecule has 2 N–H and O–H groups in total. The van der Waals surface area contributed by atoms with Crippen molar-refractivity contribution in [1.29, 1.82) is 0 Å². The predicted octanol–water partition coefficient (Wildman–Crippen LogP) is 1.69. The van der Waals surface area contributed by atoms with E-state index < -0.39 is 18.8 Å². The van der Waals surface area contributed by atoms with E-state index in [1.165, 1.54) is 11.3 Å². The van der Waals surface area contributed by atoms with Crippen molar-refractivity contribution >= 4 is 5.69 Å². The number of aliphatic hydroxyl groups is 1. The quantitative estimate of drug-likeness (QED) is 0.877. The van der Waals surface area contributed by atoms with Gasteiger partial charge in [-0.3, -0.25) is 0 Å². The van der Waals surface area contributed by atoms with Crippen LogP contribution in [-0.4, -0.2) is 37.5 Å². The number of fused-ring (bicyclic) bond motifs is 1. The number of halogens is 3. The van der Waals surface area contributed by atoms with E-state index in [4.69, 9.17) is 5.11 Å². The highest BCUT2D eigenvalue weighted by molar-refractivity contribution is 5.58. The Kier molecular flexibility index (Phi) is 4.01. The van der Waals surface area contributed by atoms with Crippen molar-refractivity contribution in [2.45, 2.75) is 25.2 Å². The van der Waals surface area contributed by atoms with Crippen LogP contribution in [0.15, 0.2) is 18.2 Å². The predicted molar refractivity (Wildman–Crippen MR) is 67.2 cm³/mol. The van der Waals surface area contributed by atoms with Gasteiger partial charge in [0, 0.05) is 32.4 Å². The topological polar surface area (TPSA) is 35.5 Å². The van der Waals surface area contributed by atoms with Crippen LogP contribution in [0.25, 0.3) is 0 Å². The third-order valence-corrected chi connectivity index (χ3v) is 3.32. The summed E-state index contributed by atoms with van der Waals surface area (Å²) < 4.78 is 36.3. The van der Waals surface area contributed by atoms with Crippen LogP contribution in [0.1, 0.15) is 11.1 Å². The van der Waals surface area contributed by atoms with Crippen LogP contribution in [0.4, 0.5) is 18.9 Å². The minimum atomic E-state index is -4.56. The molecule has 1 aliphatic rings. The third-order valence-electron chi connectivity index (χ3n) is 3.32. The summed E-state index contributed by atoms with van der Waals surface area (Å²) in [5.41, 5.74) is 3.33.